The van der Waals surface area contributed by atoms with Gasteiger partial charge in [0, 0.05) is 20.3 Å². The van der Waals surface area contributed by atoms with Crippen LogP contribution in [0, 0.1) is 7.14 Å². The van der Waals surface area contributed by atoms with E-state index in [0.717, 1.165) is 24.5 Å². The van der Waals surface area contributed by atoms with Crippen molar-refractivity contribution in [1.82, 2.24) is 4.90 Å². The zero-order chi connectivity index (χ0) is 20.7. The van der Waals surface area contributed by atoms with Gasteiger partial charge in [0.1, 0.15) is 5.75 Å². The molecule has 28 heavy (non-hydrogen) atoms. The van der Waals surface area contributed by atoms with E-state index in [1.807, 2.05) is 12.1 Å². The number of nitrogens with zero attached hydrogens (tertiary/aromatic N) is 1. The molecule has 1 aromatic carbocycles. The molecule has 10 heteroatoms. The van der Waals surface area contributed by atoms with Gasteiger partial charge in [-0.1, -0.05) is 0 Å². The predicted molar refractivity (Wildman–Crippen MR) is 123 cm³/mol. The molecule has 1 fully saturated rings. The van der Waals surface area contributed by atoms with Gasteiger partial charge >= 0.3 is 5.97 Å². The second-order valence-electron chi connectivity index (χ2n) is 5.59. The van der Waals surface area contributed by atoms with E-state index < -0.39 is 5.97 Å². The fourth-order valence-electron chi connectivity index (χ4n) is 2.35. The van der Waals surface area contributed by atoms with Crippen LogP contribution in [0.4, 0.5) is 4.79 Å². The number of carbonyl (C=O) groups excluding carboxylic acids is 3. The Morgan fingerprint density at radius 1 is 1.25 bits per heavy atom. The smallest absolute Gasteiger partial charge is 0.344 e. The molecular formula is C18H19I2NO6S. The van der Waals surface area contributed by atoms with E-state index >= 15 is 0 Å². The zero-order valence-corrected chi connectivity index (χ0v) is 20.5. The molecule has 0 radical (unpaired) electrons. The number of ether oxygens (including phenoxy) is 3. The molecule has 0 atom stereocenters. The van der Waals surface area contributed by atoms with E-state index in [0.29, 0.717) is 36.8 Å². The normalized spacial score (nSPS) is 15.4. The maximum Gasteiger partial charge on any atom is 0.344 e. The SMILES string of the molecule is CCOC(=O)COc1c(I)cc(/C=C2/SC(=O)N(CCCOC)C2=O)cc1I. The molecule has 7 nitrogen and oxygen atoms in total. The van der Waals surface area contributed by atoms with Crippen LogP contribution in [0.15, 0.2) is 17.0 Å². The lowest BCUT2D eigenvalue weighted by Crippen LogP contribution is -2.29. The number of benzene rings is 1. The third-order valence-corrected chi connectivity index (χ3v) is 6.07. The highest BCUT2D eigenvalue weighted by Crippen LogP contribution is 2.34. The summed E-state index contributed by atoms with van der Waals surface area (Å²) >= 11 is 5.15. The Labute approximate surface area is 194 Å². The molecule has 0 N–H and O–H groups in total. The van der Waals surface area contributed by atoms with Crippen molar-refractivity contribution < 1.29 is 28.6 Å². The highest BCUT2D eigenvalue weighted by Gasteiger charge is 2.34. The van der Waals surface area contributed by atoms with Crippen LogP contribution in [-0.2, 0) is 19.1 Å². The third-order valence-electron chi connectivity index (χ3n) is 3.56. The molecule has 1 aliphatic heterocycles. The Morgan fingerprint density at radius 3 is 2.54 bits per heavy atom. The molecule has 1 saturated heterocycles. The Morgan fingerprint density at radius 2 is 1.93 bits per heavy atom. The summed E-state index contributed by atoms with van der Waals surface area (Å²) in [6.07, 6.45) is 2.30. The number of rotatable bonds is 9. The van der Waals surface area contributed by atoms with Gasteiger partial charge in [-0.3, -0.25) is 14.5 Å². The summed E-state index contributed by atoms with van der Waals surface area (Å²) in [5, 5.41) is -0.272. The van der Waals surface area contributed by atoms with Gasteiger partial charge in [-0.2, -0.15) is 0 Å². The first-order valence-corrected chi connectivity index (χ1v) is 11.4. The minimum atomic E-state index is -0.430. The summed E-state index contributed by atoms with van der Waals surface area (Å²) < 4.78 is 17.0. The molecule has 0 unspecified atom stereocenters. The van der Waals surface area contributed by atoms with E-state index in [-0.39, 0.29) is 17.8 Å². The van der Waals surface area contributed by atoms with Crippen LogP contribution < -0.4 is 4.74 Å². The van der Waals surface area contributed by atoms with Crippen LogP contribution in [-0.4, -0.2) is 55.5 Å². The quantitative estimate of drug-likeness (QED) is 0.177. The van der Waals surface area contributed by atoms with Crippen molar-refractivity contribution >= 4 is 80.1 Å². The zero-order valence-electron chi connectivity index (χ0n) is 15.3. The maximum absolute atomic E-state index is 12.5. The van der Waals surface area contributed by atoms with Gasteiger partial charge in [0.05, 0.1) is 18.7 Å². The van der Waals surface area contributed by atoms with E-state index in [2.05, 4.69) is 45.2 Å². The summed E-state index contributed by atoms with van der Waals surface area (Å²) in [6.45, 7) is 2.70. The average molecular weight is 631 g/mol. The highest BCUT2D eigenvalue weighted by atomic mass is 127. The summed E-state index contributed by atoms with van der Waals surface area (Å²) in [6, 6.07) is 3.67. The van der Waals surface area contributed by atoms with Crippen molar-refractivity contribution in [2.24, 2.45) is 0 Å². The Hall–Kier alpha value is -0.860. The first kappa shape index (κ1) is 23.4. The second-order valence-corrected chi connectivity index (χ2v) is 8.90. The van der Waals surface area contributed by atoms with Crippen molar-refractivity contribution in [3.63, 3.8) is 0 Å². The number of methoxy groups -OCH3 is 1. The molecule has 2 amide bonds. The molecule has 1 heterocycles. The Kier molecular flexibility index (Phi) is 9.50. The van der Waals surface area contributed by atoms with Gasteiger partial charge in [-0.25, -0.2) is 4.79 Å². The minimum Gasteiger partial charge on any atom is -0.480 e. The molecule has 2 rings (SSSR count). The number of amides is 2. The van der Waals surface area contributed by atoms with Gasteiger partial charge in [0.25, 0.3) is 11.1 Å². The van der Waals surface area contributed by atoms with Crippen LogP contribution in [0.5, 0.6) is 5.75 Å². The fourth-order valence-corrected chi connectivity index (χ4v) is 5.34. The van der Waals surface area contributed by atoms with Gasteiger partial charge in [0.15, 0.2) is 6.61 Å². The van der Waals surface area contributed by atoms with Crippen molar-refractivity contribution in [2.45, 2.75) is 13.3 Å². The number of thioether (sulfide) groups is 1. The third kappa shape index (κ3) is 6.32. The summed E-state index contributed by atoms with van der Waals surface area (Å²) in [5.41, 5.74) is 0.777. The van der Waals surface area contributed by atoms with E-state index in [1.54, 1.807) is 20.1 Å². The number of esters is 1. The van der Waals surface area contributed by atoms with Gasteiger partial charge < -0.3 is 14.2 Å². The number of hydrogen-bond acceptors (Lipinski definition) is 7. The molecule has 0 bridgehead atoms. The fraction of sp³-hybridized carbons (Fsp3) is 0.389. The summed E-state index contributed by atoms with van der Waals surface area (Å²) in [7, 11) is 1.58. The first-order chi connectivity index (χ1) is 13.4. The molecule has 0 spiro atoms. The number of carbonyl (C=O) groups is 3. The van der Waals surface area contributed by atoms with Crippen molar-refractivity contribution in [2.75, 3.05) is 33.5 Å². The molecular weight excluding hydrogens is 612 g/mol. The second kappa shape index (κ2) is 11.4. The summed E-state index contributed by atoms with van der Waals surface area (Å²) in [4.78, 5) is 37.7. The van der Waals surface area contributed by atoms with Crippen LogP contribution >= 0.6 is 56.9 Å². The van der Waals surface area contributed by atoms with Crippen LogP contribution in [0.2, 0.25) is 0 Å². The number of imide groups is 1. The molecule has 0 aromatic heterocycles. The van der Waals surface area contributed by atoms with Gasteiger partial charge in [0.2, 0.25) is 0 Å². The number of halogens is 2. The van der Waals surface area contributed by atoms with Crippen molar-refractivity contribution in [1.29, 1.82) is 0 Å². The van der Waals surface area contributed by atoms with Crippen LogP contribution in [0.25, 0.3) is 6.08 Å². The lowest BCUT2D eigenvalue weighted by atomic mass is 10.2. The van der Waals surface area contributed by atoms with E-state index in [9.17, 15) is 14.4 Å². The monoisotopic (exact) mass is 631 g/mol. The van der Waals surface area contributed by atoms with Crippen molar-refractivity contribution in [3.05, 3.63) is 29.7 Å². The first-order valence-electron chi connectivity index (χ1n) is 8.39. The van der Waals surface area contributed by atoms with Gasteiger partial charge in [-0.05, 0) is 94.1 Å². The molecule has 0 aliphatic carbocycles. The van der Waals surface area contributed by atoms with Crippen molar-refractivity contribution in [3.8, 4) is 5.75 Å². The average Bonchev–Trinajstić information content (AvgIpc) is 2.88. The van der Waals surface area contributed by atoms with Gasteiger partial charge in [-0.15, -0.1) is 0 Å². The highest BCUT2D eigenvalue weighted by molar-refractivity contribution is 14.1. The maximum atomic E-state index is 12.5. The Balaban J connectivity index is 2.12. The number of hydrogen-bond donors (Lipinski definition) is 0. The lowest BCUT2D eigenvalue weighted by Gasteiger charge is -2.12. The molecule has 1 aromatic rings. The van der Waals surface area contributed by atoms with E-state index in [4.69, 9.17) is 14.2 Å². The minimum absolute atomic E-state index is 0.167. The Bertz CT molecular complexity index is 775. The topological polar surface area (TPSA) is 82.1 Å². The van der Waals surface area contributed by atoms with Crippen LogP contribution in [0.1, 0.15) is 18.9 Å². The molecule has 1 aliphatic rings. The van der Waals surface area contributed by atoms with E-state index in [1.165, 1.54) is 4.90 Å². The molecule has 152 valence electrons. The summed E-state index contributed by atoms with van der Waals surface area (Å²) in [5.74, 6) is -0.141. The largest absolute Gasteiger partial charge is 0.480 e. The molecule has 0 saturated carbocycles. The predicted octanol–water partition coefficient (Wildman–Crippen LogP) is 3.91. The van der Waals surface area contributed by atoms with Crippen LogP contribution in [0.3, 0.4) is 0 Å². The lowest BCUT2D eigenvalue weighted by molar-refractivity contribution is -0.145. The standard InChI is InChI=1S/C18H19I2NO6S/c1-3-26-15(22)10-27-16-12(19)7-11(8-13(16)20)9-14-17(23)21(18(24)28-14)5-4-6-25-2/h7-9H,3-6,10H2,1-2H3/b14-9+.